The van der Waals surface area contributed by atoms with Crippen LogP contribution in [0.25, 0.3) is 11.1 Å². The van der Waals surface area contributed by atoms with Crippen LogP contribution in [0.2, 0.25) is 0 Å². The summed E-state index contributed by atoms with van der Waals surface area (Å²) in [5, 5.41) is 3.03. The first kappa shape index (κ1) is 21.1. The first-order valence-corrected chi connectivity index (χ1v) is 10.9. The number of piperidine rings is 1. The largest absolute Gasteiger partial charge is 0.488 e. The van der Waals surface area contributed by atoms with Crippen LogP contribution in [0.1, 0.15) is 42.6 Å². The second kappa shape index (κ2) is 8.92. The molecule has 2 aliphatic rings. The summed E-state index contributed by atoms with van der Waals surface area (Å²) < 4.78 is 6.03. The molecular formula is C25H28N2O4. The molecule has 2 amide bonds. The van der Waals surface area contributed by atoms with Crippen LogP contribution in [0.15, 0.2) is 42.5 Å². The summed E-state index contributed by atoms with van der Waals surface area (Å²) in [7, 11) is 0. The van der Waals surface area contributed by atoms with Gasteiger partial charge in [-0.25, -0.2) is 0 Å². The third-order valence-electron chi connectivity index (χ3n) is 6.23. The van der Waals surface area contributed by atoms with Crippen LogP contribution in [0.4, 0.5) is 0 Å². The maximum Gasteiger partial charge on any atom is 0.223 e. The fourth-order valence-electron chi connectivity index (χ4n) is 4.46. The SMILES string of the molecule is CC(=O)c1ccccc1-c1ccc2c(c1)C[C@@H](CNC(=O)C1CCN(C(C)=O)CC1)O2. The topological polar surface area (TPSA) is 75.7 Å². The summed E-state index contributed by atoms with van der Waals surface area (Å²) in [6, 6.07) is 13.6. The maximum atomic E-state index is 12.5. The predicted molar refractivity (Wildman–Crippen MR) is 118 cm³/mol. The second-order valence-electron chi connectivity index (χ2n) is 8.39. The molecule has 0 radical (unpaired) electrons. The van der Waals surface area contributed by atoms with Crippen molar-refractivity contribution in [2.24, 2.45) is 5.92 Å². The van der Waals surface area contributed by atoms with E-state index in [2.05, 4.69) is 11.4 Å². The lowest BCUT2D eigenvalue weighted by atomic mass is 9.95. The van der Waals surface area contributed by atoms with Crippen LogP contribution in [0.5, 0.6) is 5.75 Å². The Kier molecular flexibility index (Phi) is 6.07. The highest BCUT2D eigenvalue weighted by Crippen LogP contribution is 2.34. The van der Waals surface area contributed by atoms with Gasteiger partial charge in [0, 0.05) is 37.9 Å². The molecule has 162 valence electrons. The van der Waals surface area contributed by atoms with Crippen molar-refractivity contribution in [1.29, 1.82) is 0 Å². The normalized spacial score (nSPS) is 18.3. The lowest BCUT2D eigenvalue weighted by Gasteiger charge is -2.30. The van der Waals surface area contributed by atoms with Gasteiger partial charge in [0.1, 0.15) is 11.9 Å². The average molecular weight is 421 g/mol. The molecular weight excluding hydrogens is 392 g/mol. The molecule has 0 unspecified atom stereocenters. The molecule has 2 aromatic carbocycles. The number of fused-ring (bicyclic) bond motifs is 1. The fraction of sp³-hybridized carbons (Fsp3) is 0.400. The Hall–Kier alpha value is -3.15. The molecule has 0 bridgehead atoms. The first-order valence-electron chi connectivity index (χ1n) is 10.9. The standard InChI is InChI=1S/C25H28N2O4/c1-16(28)22-5-3-4-6-23(22)19-7-8-24-20(13-19)14-21(31-24)15-26-25(30)18-9-11-27(12-10-18)17(2)29/h3-8,13,18,21H,9-12,14-15H2,1-2H3,(H,26,30)/t21-/m0/s1. The van der Waals surface area contributed by atoms with Gasteiger partial charge in [-0.15, -0.1) is 0 Å². The minimum Gasteiger partial charge on any atom is -0.488 e. The van der Waals surface area contributed by atoms with E-state index in [1.807, 2.05) is 36.4 Å². The van der Waals surface area contributed by atoms with E-state index in [0.29, 0.717) is 44.5 Å². The highest BCUT2D eigenvalue weighted by molar-refractivity contribution is 6.00. The third kappa shape index (κ3) is 4.63. The number of nitrogens with one attached hydrogen (secondary N) is 1. The summed E-state index contributed by atoms with van der Waals surface area (Å²) >= 11 is 0. The van der Waals surface area contributed by atoms with Gasteiger partial charge in [0.05, 0.1) is 6.54 Å². The number of rotatable bonds is 5. The van der Waals surface area contributed by atoms with E-state index >= 15 is 0 Å². The quantitative estimate of drug-likeness (QED) is 0.754. The highest BCUT2D eigenvalue weighted by Gasteiger charge is 2.28. The fourth-order valence-corrected chi connectivity index (χ4v) is 4.46. The number of ketones is 1. The van der Waals surface area contributed by atoms with E-state index in [4.69, 9.17) is 4.74 Å². The molecule has 4 rings (SSSR count). The van der Waals surface area contributed by atoms with E-state index < -0.39 is 0 Å². The number of carbonyl (C=O) groups excluding carboxylic acids is 3. The molecule has 6 nitrogen and oxygen atoms in total. The Morgan fingerprint density at radius 1 is 1.06 bits per heavy atom. The van der Waals surface area contributed by atoms with E-state index in [-0.39, 0.29) is 29.6 Å². The summed E-state index contributed by atoms with van der Waals surface area (Å²) in [5.74, 6) is 0.939. The molecule has 1 N–H and O–H groups in total. The Bertz CT molecular complexity index is 1010. The molecule has 1 fully saturated rings. The second-order valence-corrected chi connectivity index (χ2v) is 8.39. The number of carbonyl (C=O) groups is 3. The van der Waals surface area contributed by atoms with Crippen molar-refractivity contribution in [3.8, 4) is 16.9 Å². The highest BCUT2D eigenvalue weighted by atomic mass is 16.5. The van der Waals surface area contributed by atoms with Gasteiger partial charge in [0.15, 0.2) is 5.78 Å². The molecule has 2 aliphatic heterocycles. The number of likely N-dealkylation sites (tertiary alicyclic amines) is 1. The average Bonchev–Trinajstić information content (AvgIpc) is 3.19. The Balaban J connectivity index is 1.35. The van der Waals surface area contributed by atoms with Gasteiger partial charge >= 0.3 is 0 Å². The Morgan fingerprint density at radius 3 is 2.52 bits per heavy atom. The van der Waals surface area contributed by atoms with Gasteiger partial charge in [0.25, 0.3) is 0 Å². The van der Waals surface area contributed by atoms with Crippen LogP contribution < -0.4 is 10.1 Å². The molecule has 0 spiro atoms. The molecule has 1 saturated heterocycles. The molecule has 1 atom stereocenters. The number of hydrogen-bond donors (Lipinski definition) is 1. The van der Waals surface area contributed by atoms with Crippen LogP contribution in [-0.2, 0) is 16.0 Å². The summed E-state index contributed by atoms with van der Waals surface area (Å²) in [6.07, 6.45) is 2.02. The molecule has 0 saturated carbocycles. The van der Waals surface area contributed by atoms with Crippen molar-refractivity contribution in [3.05, 3.63) is 53.6 Å². The monoisotopic (exact) mass is 420 g/mol. The van der Waals surface area contributed by atoms with Gasteiger partial charge in [0.2, 0.25) is 11.8 Å². The van der Waals surface area contributed by atoms with Crippen molar-refractivity contribution in [3.63, 3.8) is 0 Å². The Morgan fingerprint density at radius 2 is 1.81 bits per heavy atom. The molecule has 0 aliphatic carbocycles. The zero-order valence-electron chi connectivity index (χ0n) is 18.0. The van der Waals surface area contributed by atoms with Gasteiger partial charge in [-0.1, -0.05) is 30.3 Å². The zero-order valence-corrected chi connectivity index (χ0v) is 18.0. The minimum atomic E-state index is -0.102. The van der Waals surface area contributed by atoms with Crippen molar-refractivity contribution in [1.82, 2.24) is 10.2 Å². The molecule has 2 heterocycles. The van der Waals surface area contributed by atoms with Gasteiger partial charge in [-0.05, 0) is 48.6 Å². The van der Waals surface area contributed by atoms with Crippen molar-refractivity contribution in [2.45, 2.75) is 39.2 Å². The number of Topliss-reactive ketones (excluding diaryl/α,β-unsaturated/α-hetero) is 1. The zero-order chi connectivity index (χ0) is 22.0. The van der Waals surface area contributed by atoms with Crippen LogP contribution >= 0.6 is 0 Å². The molecule has 0 aromatic heterocycles. The Labute approximate surface area is 182 Å². The molecule has 2 aromatic rings. The lowest BCUT2D eigenvalue weighted by Crippen LogP contribution is -2.44. The van der Waals surface area contributed by atoms with Crippen molar-refractivity contribution < 1.29 is 19.1 Å². The summed E-state index contributed by atoms with van der Waals surface area (Å²) in [5.41, 5.74) is 3.72. The molecule has 31 heavy (non-hydrogen) atoms. The smallest absolute Gasteiger partial charge is 0.223 e. The third-order valence-corrected chi connectivity index (χ3v) is 6.23. The van der Waals surface area contributed by atoms with E-state index in [1.54, 1.807) is 18.7 Å². The number of benzene rings is 2. The summed E-state index contributed by atoms with van der Waals surface area (Å²) in [4.78, 5) is 37.7. The van der Waals surface area contributed by atoms with E-state index in [9.17, 15) is 14.4 Å². The lowest BCUT2D eigenvalue weighted by molar-refractivity contribution is -0.134. The van der Waals surface area contributed by atoms with Gasteiger partial charge in [-0.3, -0.25) is 14.4 Å². The van der Waals surface area contributed by atoms with E-state index in [0.717, 1.165) is 22.4 Å². The van der Waals surface area contributed by atoms with Crippen molar-refractivity contribution >= 4 is 17.6 Å². The van der Waals surface area contributed by atoms with Crippen LogP contribution in [0, 0.1) is 5.92 Å². The number of nitrogens with zero attached hydrogens (tertiary/aromatic N) is 1. The first-order chi connectivity index (χ1) is 14.9. The number of amides is 2. The van der Waals surface area contributed by atoms with Crippen LogP contribution in [-0.4, -0.2) is 48.2 Å². The number of hydrogen-bond acceptors (Lipinski definition) is 4. The van der Waals surface area contributed by atoms with Crippen LogP contribution in [0.3, 0.4) is 0 Å². The van der Waals surface area contributed by atoms with Gasteiger partial charge in [-0.2, -0.15) is 0 Å². The van der Waals surface area contributed by atoms with Gasteiger partial charge < -0.3 is 15.0 Å². The predicted octanol–water partition coefficient (Wildman–Crippen LogP) is 3.23. The summed E-state index contributed by atoms with van der Waals surface area (Å²) in [6.45, 7) is 4.89. The minimum absolute atomic E-state index is 0.0406. The maximum absolute atomic E-state index is 12.5. The van der Waals surface area contributed by atoms with E-state index in [1.165, 1.54) is 0 Å². The number of ether oxygens (including phenoxy) is 1. The van der Waals surface area contributed by atoms with Crippen molar-refractivity contribution in [2.75, 3.05) is 19.6 Å². The molecule has 6 heteroatoms.